The molecular formula is C39H42N2. The number of hydrogen-bond donors (Lipinski definition) is 0. The SMILES string of the molecule is C=C/C=C\C(=C/C=C)N(C(/C=C\C)=C/C=C)/C(C=C)=c1\c(/C=C\C=C)c(C=C)n(C(/C=C\C=C)=C/C=C)\c1=C\C=C. The van der Waals surface area contributed by atoms with E-state index < -0.39 is 0 Å². The minimum absolute atomic E-state index is 0.808. The van der Waals surface area contributed by atoms with Gasteiger partial charge in [-0.15, -0.1) is 0 Å². The highest BCUT2D eigenvalue weighted by Crippen LogP contribution is 2.26. The average molecular weight is 539 g/mol. The summed E-state index contributed by atoms with van der Waals surface area (Å²) in [4.78, 5) is 2.10. The summed E-state index contributed by atoms with van der Waals surface area (Å²) in [6.07, 6.45) is 39.3. The van der Waals surface area contributed by atoms with Gasteiger partial charge in [-0.1, -0.05) is 132 Å². The summed E-state index contributed by atoms with van der Waals surface area (Å²) in [6, 6.07) is 0. The fourth-order valence-corrected chi connectivity index (χ4v) is 4.19. The second-order valence-corrected chi connectivity index (χ2v) is 8.19. The molecule has 41 heavy (non-hydrogen) atoms. The Morgan fingerprint density at radius 2 is 1.24 bits per heavy atom. The summed E-state index contributed by atoms with van der Waals surface area (Å²) in [6.45, 7) is 37.9. The van der Waals surface area contributed by atoms with Gasteiger partial charge in [-0.05, 0) is 61.6 Å². The molecule has 1 aromatic heterocycles. The Labute approximate surface area is 247 Å². The molecule has 0 aromatic carbocycles. The molecule has 0 N–H and O–H groups in total. The van der Waals surface area contributed by atoms with Crippen LogP contribution in [0.1, 0.15) is 18.2 Å². The Morgan fingerprint density at radius 3 is 1.73 bits per heavy atom. The Balaban J connectivity index is 4.93. The van der Waals surface area contributed by atoms with Gasteiger partial charge in [0.25, 0.3) is 0 Å². The maximum absolute atomic E-state index is 4.27. The largest absolute Gasteiger partial charge is 0.310 e. The molecule has 1 heterocycles. The molecular weight excluding hydrogens is 496 g/mol. The van der Waals surface area contributed by atoms with Crippen LogP contribution >= 0.6 is 0 Å². The van der Waals surface area contributed by atoms with E-state index in [2.05, 4.69) is 68.7 Å². The standard InChI is InChI=1S/C39H42N2/c1-11-21-29-33(26-16-6)40(32(24-14-4)25-15-5)37(20-10)39-35(31-23-13-3)36(19-9)41(38(39)28-18-8)34(27-17-7)30-22-12-2/h11-31H,1-4,6-10H2,5H3/b25-15-,29-21-,30-22-,31-23-,32-24+,33-26+,34-27+,38-28+,39-37+. The van der Waals surface area contributed by atoms with Crippen LogP contribution in [0.25, 0.3) is 29.6 Å². The highest BCUT2D eigenvalue weighted by atomic mass is 15.2. The van der Waals surface area contributed by atoms with Crippen molar-refractivity contribution in [2.75, 3.05) is 0 Å². The van der Waals surface area contributed by atoms with Crippen LogP contribution in [-0.2, 0) is 0 Å². The molecule has 0 spiro atoms. The molecule has 0 aliphatic rings. The van der Waals surface area contributed by atoms with E-state index >= 15 is 0 Å². The van der Waals surface area contributed by atoms with E-state index in [0.717, 1.165) is 44.6 Å². The third-order valence-corrected chi connectivity index (χ3v) is 5.63. The monoisotopic (exact) mass is 538 g/mol. The lowest BCUT2D eigenvalue weighted by molar-refractivity contribution is 0.640. The van der Waals surface area contributed by atoms with Crippen molar-refractivity contribution < 1.29 is 0 Å². The van der Waals surface area contributed by atoms with Crippen LogP contribution in [0.15, 0.2) is 180 Å². The number of hydrogen-bond acceptors (Lipinski definition) is 1. The molecule has 0 radical (unpaired) electrons. The van der Waals surface area contributed by atoms with Crippen molar-refractivity contribution in [2.24, 2.45) is 0 Å². The quantitative estimate of drug-likeness (QED) is 0.180. The first-order valence-corrected chi connectivity index (χ1v) is 13.1. The van der Waals surface area contributed by atoms with E-state index in [4.69, 9.17) is 0 Å². The second-order valence-electron chi connectivity index (χ2n) is 8.19. The lowest BCUT2D eigenvalue weighted by atomic mass is 10.1. The van der Waals surface area contributed by atoms with Crippen molar-refractivity contribution in [1.82, 2.24) is 9.47 Å². The smallest absolute Gasteiger partial charge is 0.0561 e. The molecule has 2 heteroatoms. The molecule has 2 nitrogen and oxygen atoms in total. The minimum atomic E-state index is 0.808. The molecule has 1 rings (SSSR count). The van der Waals surface area contributed by atoms with E-state index in [1.807, 2.05) is 92.0 Å². The van der Waals surface area contributed by atoms with E-state index in [9.17, 15) is 0 Å². The van der Waals surface area contributed by atoms with Gasteiger partial charge in [0.05, 0.1) is 16.7 Å². The van der Waals surface area contributed by atoms with Gasteiger partial charge in [0, 0.05) is 27.9 Å². The van der Waals surface area contributed by atoms with Crippen LogP contribution in [0.3, 0.4) is 0 Å². The molecule has 0 saturated heterocycles. The number of aromatic nitrogens is 1. The summed E-state index contributed by atoms with van der Waals surface area (Å²) in [5, 5.41) is 1.76. The van der Waals surface area contributed by atoms with E-state index in [1.165, 1.54) is 0 Å². The molecule has 0 aliphatic carbocycles. The summed E-state index contributed by atoms with van der Waals surface area (Å²) in [5.74, 6) is 0. The van der Waals surface area contributed by atoms with E-state index in [1.54, 1.807) is 42.5 Å². The summed E-state index contributed by atoms with van der Waals surface area (Å²) in [5.41, 5.74) is 5.15. The number of allylic oxidation sites excluding steroid dienone is 18. The predicted octanol–water partition coefficient (Wildman–Crippen LogP) is 9.12. The Kier molecular flexibility index (Phi) is 15.5. The van der Waals surface area contributed by atoms with Crippen LogP contribution in [0.4, 0.5) is 0 Å². The lowest BCUT2D eigenvalue weighted by Crippen LogP contribution is -2.36. The van der Waals surface area contributed by atoms with Crippen LogP contribution in [0.5, 0.6) is 0 Å². The van der Waals surface area contributed by atoms with Gasteiger partial charge in [0.1, 0.15) is 0 Å². The first-order valence-electron chi connectivity index (χ1n) is 13.1. The third kappa shape index (κ3) is 8.58. The highest BCUT2D eigenvalue weighted by molar-refractivity contribution is 5.76. The maximum atomic E-state index is 4.27. The zero-order chi connectivity index (χ0) is 30.6. The molecule has 208 valence electrons. The summed E-state index contributed by atoms with van der Waals surface area (Å²) < 4.78 is 2.11. The first-order chi connectivity index (χ1) is 20.0. The van der Waals surface area contributed by atoms with Gasteiger partial charge in [0.15, 0.2) is 0 Å². The molecule has 0 bridgehead atoms. The highest BCUT2D eigenvalue weighted by Gasteiger charge is 2.20. The minimum Gasteiger partial charge on any atom is -0.310 e. The first kappa shape index (κ1) is 33.7. The summed E-state index contributed by atoms with van der Waals surface area (Å²) in [7, 11) is 0. The molecule has 0 amide bonds. The van der Waals surface area contributed by atoms with Crippen molar-refractivity contribution >= 4 is 29.6 Å². The van der Waals surface area contributed by atoms with Crippen molar-refractivity contribution in [3.8, 4) is 0 Å². The molecule has 0 saturated carbocycles. The van der Waals surface area contributed by atoms with Crippen molar-refractivity contribution in [3.05, 3.63) is 202 Å². The topological polar surface area (TPSA) is 8.17 Å². The van der Waals surface area contributed by atoms with Crippen molar-refractivity contribution in [2.45, 2.75) is 6.92 Å². The molecule has 0 fully saturated rings. The summed E-state index contributed by atoms with van der Waals surface area (Å²) >= 11 is 0. The molecule has 1 aromatic rings. The molecule has 0 unspecified atom stereocenters. The third-order valence-electron chi connectivity index (χ3n) is 5.63. The van der Waals surface area contributed by atoms with Crippen LogP contribution in [-0.4, -0.2) is 9.47 Å². The zero-order valence-electron chi connectivity index (χ0n) is 24.4. The van der Waals surface area contributed by atoms with Crippen LogP contribution in [0, 0.1) is 0 Å². The van der Waals surface area contributed by atoms with Gasteiger partial charge < -0.3 is 9.47 Å². The normalized spacial score (nSPS) is 14.0. The predicted molar refractivity (Wildman–Crippen MR) is 188 cm³/mol. The van der Waals surface area contributed by atoms with Crippen molar-refractivity contribution in [1.29, 1.82) is 0 Å². The fraction of sp³-hybridized carbons (Fsp3) is 0.0256. The van der Waals surface area contributed by atoms with Crippen LogP contribution in [0.2, 0.25) is 0 Å². The number of rotatable bonds is 17. The van der Waals surface area contributed by atoms with E-state index in [0.29, 0.717) is 0 Å². The van der Waals surface area contributed by atoms with Crippen molar-refractivity contribution in [3.63, 3.8) is 0 Å². The lowest BCUT2D eigenvalue weighted by Gasteiger charge is -2.28. The number of nitrogens with zero attached hydrogens (tertiary/aromatic N) is 2. The average Bonchev–Trinajstić information content (AvgIpc) is 3.27. The van der Waals surface area contributed by atoms with Gasteiger partial charge in [-0.2, -0.15) is 0 Å². The zero-order valence-corrected chi connectivity index (χ0v) is 24.4. The van der Waals surface area contributed by atoms with Gasteiger partial charge in [-0.25, -0.2) is 0 Å². The van der Waals surface area contributed by atoms with Gasteiger partial charge in [-0.3, -0.25) is 0 Å². The second kappa shape index (κ2) is 18.8. The Bertz CT molecular complexity index is 1530. The van der Waals surface area contributed by atoms with Gasteiger partial charge >= 0.3 is 0 Å². The Morgan fingerprint density at radius 1 is 0.659 bits per heavy atom. The molecule has 0 aliphatic heterocycles. The van der Waals surface area contributed by atoms with E-state index in [-0.39, 0.29) is 0 Å². The van der Waals surface area contributed by atoms with Gasteiger partial charge in [0.2, 0.25) is 0 Å². The fourth-order valence-electron chi connectivity index (χ4n) is 4.19. The Hall–Kier alpha value is -5.34. The molecule has 0 atom stereocenters. The van der Waals surface area contributed by atoms with Crippen LogP contribution < -0.4 is 10.6 Å². The maximum Gasteiger partial charge on any atom is 0.0561 e.